The van der Waals surface area contributed by atoms with Gasteiger partial charge in [0.2, 0.25) is 0 Å². The molecule has 0 amide bonds. The molecule has 2 aromatic rings. The maximum atomic E-state index is 13.9. The largest absolute Gasteiger partial charge is 0.489 e. The number of hydrogen-bond acceptors (Lipinski definition) is 4. The summed E-state index contributed by atoms with van der Waals surface area (Å²) in [5, 5.41) is 7.43. The lowest BCUT2D eigenvalue weighted by Gasteiger charge is -2.15. The Hall–Kier alpha value is -2.18. The minimum Gasteiger partial charge on any atom is -0.489 e. The molecule has 1 aromatic carbocycles. The van der Waals surface area contributed by atoms with Gasteiger partial charge in [0.25, 0.3) is 0 Å². The van der Waals surface area contributed by atoms with Gasteiger partial charge in [-0.1, -0.05) is 6.92 Å². The highest BCUT2D eigenvalue weighted by Crippen LogP contribution is 2.26. The average Bonchev–Trinajstić information content (AvgIpc) is 2.70. The zero-order valence-corrected chi connectivity index (χ0v) is 11.9. The molecule has 0 bridgehead atoms. The summed E-state index contributed by atoms with van der Waals surface area (Å²) in [6.07, 6.45) is 0.364. The first-order valence-electron chi connectivity index (χ1n) is 6.42. The molecule has 0 spiro atoms. The predicted molar refractivity (Wildman–Crippen MR) is 71.7 cm³/mol. The number of hydrogen-bond donors (Lipinski definition) is 0. The number of halogens is 1. The minimum absolute atomic E-state index is 0.145. The van der Waals surface area contributed by atoms with Crippen LogP contribution in [0.5, 0.6) is 5.75 Å². The molecule has 1 aromatic heterocycles. The summed E-state index contributed by atoms with van der Waals surface area (Å²) >= 11 is 0. The van der Waals surface area contributed by atoms with Crippen LogP contribution in [-0.2, 0) is 13.5 Å². The predicted octanol–water partition coefficient (Wildman–Crippen LogP) is 1.45. The van der Waals surface area contributed by atoms with E-state index >= 15 is 0 Å². The molecule has 1 heterocycles. The smallest absolute Gasteiger partial charge is 0.368 e. The normalized spacial score (nSPS) is 11.1. The van der Waals surface area contributed by atoms with Crippen LogP contribution in [-0.4, -0.2) is 25.9 Å². The number of benzene rings is 1. The number of ether oxygens (including phenoxy) is 1. The van der Waals surface area contributed by atoms with Gasteiger partial charge >= 0.3 is 5.69 Å². The van der Waals surface area contributed by atoms with E-state index in [2.05, 4.69) is 10.4 Å². The zero-order chi connectivity index (χ0) is 14.9. The van der Waals surface area contributed by atoms with E-state index in [-0.39, 0.29) is 17.7 Å². The van der Waals surface area contributed by atoms with Crippen LogP contribution in [0.3, 0.4) is 0 Å². The van der Waals surface area contributed by atoms with E-state index in [1.807, 2.05) is 20.8 Å². The van der Waals surface area contributed by atoms with Crippen LogP contribution in [0.15, 0.2) is 16.9 Å². The molecule has 0 radical (unpaired) electrons. The van der Waals surface area contributed by atoms with Crippen LogP contribution in [0, 0.1) is 5.82 Å². The van der Waals surface area contributed by atoms with Gasteiger partial charge in [0, 0.05) is 13.1 Å². The Morgan fingerprint density at radius 3 is 2.55 bits per heavy atom. The molecule has 0 fully saturated rings. The highest BCUT2D eigenvalue weighted by Gasteiger charge is 2.16. The highest BCUT2D eigenvalue weighted by molar-refractivity contribution is 5.49. The molecular weight excluding hydrogens is 263 g/mol. The molecule has 6 nitrogen and oxygen atoms in total. The zero-order valence-electron chi connectivity index (χ0n) is 11.9. The third-order valence-electron chi connectivity index (χ3n) is 2.82. The molecule has 0 saturated carbocycles. The Morgan fingerprint density at radius 1 is 1.35 bits per heavy atom. The Labute approximate surface area is 115 Å². The summed E-state index contributed by atoms with van der Waals surface area (Å²) in [7, 11) is 1.50. The fourth-order valence-electron chi connectivity index (χ4n) is 1.84. The van der Waals surface area contributed by atoms with Gasteiger partial charge in [-0.05, 0) is 42.3 Å². The second-order valence-corrected chi connectivity index (χ2v) is 4.73. The van der Waals surface area contributed by atoms with Gasteiger partial charge < -0.3 is 4.74 Å². The minimum atomic E-state index is -0.410. The van der Waals surface area contributed by atoms with Gasteiger partial charge in [-0.2, -0.15) is 9.36 Å². The maximum Gasteiger partial charge on any atom is 0.368 e. The van der Waals surface area contributed by atoms with Crippen LogP contribution >= 0.6 is 0 Å². The number of rotatable bonds is 4. The summed E-state index contributed by atoms with van der Waals surface area (Å²) in [5.41, 5.74) is 0.482. The number of aryl methyl sites for hydroxylation is 2. The molecule has 0 aliphatic carbocycles. The lowest BCUT2D eigenvalue weighted by molar-refractivity contribution is 0.240. The summed E-state index contributed by atoms with van der Waals surface area (Å²) in [6, 6.07) is 2.86. The van der Waals surface area contributed by atoms with Crippen molar-refractivity contribution in [2.45, 2.75) is 33.3 Å². The molecule has 0 aliphatic heterocycles. The summed E-state index contributed by atoms with van der Waals surface area (Å²) in [6.45, 7) is 5.49. The maximum absolute atomic E-state index is 13.9. The van der Waals surface area contributed by atoms with Crippen LogP contribution in [0.1, 0.15) is 26.3 Å². The molecule has 108 valence electrons. The summed E-state index contributed by atoms with van der Waals surface area (Å²) < 4.78 is 21.7. The molecule has 2 rings (SSSR count). The first-order valence-corrected chi connectivity index (χ1v) is 6.42. The molecule has 0 unspecified atom stereocenters. The first-order chi connectivity index (χ1) is 9.43. The van der Waals surface area contributed by atoms with Gasteiger partial charge in [0.05, 0.1) is 6.10 Å². The van der Waals surface area contributed by atoms with E-state index < -0.39 is 5.69 Å². The number of tetrazole rings is 1. The molecule has 0 saturated heterocycles. The van der Waals surface area contributed by atoms with E-state index in [1.54, 1.807) is 6.07 Å². The van der Waals surface area contributed by atoms with E-state index in [9.17, 15) is 9.18 Å². The van der Waals surface area contributed by atoms with E-state index in [0.29, 0.717) is 17.7 Å². The van der Waals surface area contributed by atoms with Crippen molar-refractivity contribution in [3.8, 4) is 11.4 Å². The van der Waals surface area contributed by atoms with Crippen molar-refractivity contribution in [1.82, 2.24) is 19.8 Å². The van der Waals surface area contributed by atoms with Crippen molar-refractivity contribution in [3.63, 3.8) is 0 Å². The van der Waals surface area contributed by atoms with E-state index in [0.717, 1.165) is 9.36 Å². The Balaban J connectivity index is 2.65. The van der Waals surface area contributed by atoms with Crippen molar-refractivity contribution in [2.24, 2.45) is 7.05 Å². The molecule has 0 N–H and O–H groups in total. The molecule has 7 heteroatoms. The number of aromatic nitrogens is 4. The van der Waals surface area contributed by atoms with Crippen LogP contribution in [0.4, 0.5) is 4.39 Å². The molecule has 20 heavy (non-hydrogen) atoms. The Morgan fingerprint density at radius 2 is 2.05 bits per heavy atom. The van der Waals surface area contributed by atoms with Gasteiger partial charge in [0.1, 0.15) is 17.3 Å². The van der Waals surface area contributed by atoms with Crippen molar-refractivity contribution >= 4 is 0 Å². The van der Waals surface area contributed by atoms with E-state index in [4.69, 9.17) is 4.74 Å². The first kappa shape index (κ1) is 14.2. The molecular formula is C13H17FN4O2. The second-order valence-electron chi connectivity index (χ2n) is 4.73. The van der Waals surface area contributed by atoms with Crippen LogP contribution in [0.25, 0.3) is 5.69 Å². The lowest BCUT2D eigenvalue weighted by Crippen LogP contribution is -2.23. The monoisotopic (exact) mass is 280 g/mol. The van der Waals surface area contributed by atoms with Gasteiger partial charge in [-0.25, -0.2) is 9.18 Å². The number of nitrogens with zero attached hydrogens (tertiary/aromatic N) is 4. The Bertz CT molecular complexity index is 675. The topological polar surface area (TPSA) is 61.9 Å². The highest BCUT2D eigenvalue weighted by atomic mass is 19.1. The lowest BCUT2D eigenvalue weighted by atomic mass is 10.1. The standard InChI is InChI=1S/C13H17FN4O2/c1-5-9-6-11(18-13(19)17(4)15-16-18)12(7-10(9)14)20-8(2)3/h6-8H,5H2,1-4H3. The van der Waals surface area contributed by atoms with E-state index in [1.165, 1.54) is 13.1 Å². The fourth-order valence-corrected chi connectivity index (χ4v) is 1.84. The fraction of sp³-hybridized carbons (Fsp3) is 0.462. The van der Waals surface area contributed by atoms with Gasteiger partial charge in [-0.3, -0.25) is 0 Å². The van der Waals surface area contributed by atoms with Crippen molar-refractivity contribution in [2.75, 3.05) is 0 Å². The third-order valence-corrected chi connectivity index (χ3v) is 2.82. The summed E-state index contributed by atoms with van der Waals surface area (Å²) in [4.78, 5) is 11.9. The third kappa shape index (κ3) is 2.56. The quantitative estimate of drug-likeness (QED) is 0.850. The average molecular weight is 280 g/mol. The molecule has 0 atom stereocenters. The van der Waals surface area contributed by atoms with Gasteiger partial charge in [-0.15, -0.1) is 0 Å². The van der Waals surface area contributed by atoms with Gasteiger partial charge in [0.15, 0.2) is 0 Å². The second kappa shape index (κ2) is 5.44. The SMILES string of the molecule is CCc1cc(-n2nnn(C)c2=O)c(OC(C)C)cc1F. The van der Waals surface area contributed by atoms with Crippen molar-refractivity contribution in [3.05, 3.63) is 34.0 Å². The summed E-state index contributed by atoms with van der Waals surface area (Å²) in [5.74, 6) is -0.0823. The van der Waals surface area contributed by atoms with Crippen molar-refractivity contribution < 1.29 is 9.13 Å². The van der Waals surface area contributed by atoms with Crippen LogP contribution in [0.2, 0.25) is 0 Å². The molecule has 0 aliphatic rings. The Kier molecular flexibility index (Phi) is 3.87. The van der Waals surface area contributed by atoms with Crippen LogP contribution < -0.4 is 10.4 Å². The van der Waals surface area contributed by atoms with Crippen molar-refractivity contribution in [1.29, 1.82) is 0 Å².